The molecule has 5 aromatic rings. The van der Waals surface area contributed by atoms with Gasteiger partial charge < -0.3 is 4.74 Å². The van der Waals surface area contributed by atoms with Gasteiger partial charge in [0.15, 0.2) is 17.2 Å². The zero-order valence-corrected chi connectivity index (χ0v) is 17.0. The van der Waals surface area contributed by atoms with E-state index in [-0.39, 0.29) is 23.2 Å². The Labute approximate surface area is 178 Å². The summed E-state index contributed by atoms with van der Waals surface area (Å²) >= 11 is 1.43. The van der Waals surface area contributed by atoms with Crippen molar-refractivity contribution in [3.05, 3.63) is 71.0 Å². The van der Waals surface area contributed by atoms with Crippen LogP contribution in [0.4, 0.5) is 8.78 Å². The number of nitrogens with zero attached hydrogens (tertiary/aromatic N) is 5. The van der Waals surface area contributed by atoms with Crippen LogP contribution in [0.2, 0.25) is 0 Å². The minimum absolute atomic E-state index is 0.0266. The van der Waals surface area contributed by atoms with Crippen LogP contribution in [-0.2, 0) is 6.61 Å². The molecule has 1 N–H and O–H groups in total. The number of H-pyrrole nitrogens is 1. The molecule has 0 amide bonds. The van der Waals surface area contributed by atoms with E-state index in [4.69, 9.17) is 4.74 Å². The predicted molar refractivity (Wildman–Crippen MR) is 111 cm³/mol. The minimum Gasteiger partial charge on any atom is -0.470 e. The molecule has 0 radical (unpaired) electrons. The average molecular weight is 436 g/mol. The Hall–Kier alpha value is -3.79. The lowest BCUT2D eigenvalue weighted by Gasteiger charge is -2.06. The third-order valence-electron chi connectivity index (χ3n) is 4.58. The minimum atomic E-state index is -0.671. The van der Waals surface area contributed by atoms with E-state index in [9.17, 15) is 8.78 Å². The highest BCUT2D eigenvalue weighted by Gasteiger charge is 2.19. The number of nitrogens with one attached hydrogen (secondary N) is 1. The Morgan fingerprint density at radius 3 is 2.77 bits per heavy atom. The maximum absolute atomic E-state index is 14.9. The molecular formula is C21H14F2N6OS. The number of ether oxygens (including phenoxy) is 1. The van der Waals surface area contributed by atoms with Crippen molar-refractivity contribution in [2.24, 2.45) is 0 Å². The molecule has 0 fully saturated rings. The number of aromatic amines is 1. The maximum Gasteiger partial charge on any atom is 0.213 e. The van der Waals surface area contributed by atoms with Gasteiger partial charge in [0.1, 0.15) is 17.1 Å². The van der Waals surface area contributed by atoms with Crippen LogP contribution < -0.4 is 4.74 Å². The fraction of sp³-hybridized carbons (Fsp3) is 0.0952. The third kappa shape index (κ3) is 3.61. The monoisotopic (exact) mass is 436 g/mol. The lowest BCUT2D eigenvalue weighted by molar-refractivity contribution is 0.293. The molecule has 0 unspecified atom stereocenters. The van der Waals surface area contributed by atoms with Crippen molar-refractivity contribution in [3.63, 3.8) is 0 Å². The van der Waals surface area contributed by atoms with Crippen LogP contribution >= 0.6 is 11.3 Å². The number of aryl methyl sites for hydroxylation is 1. The second-order valence-electron chi connectivity index (χ2n) is 6.64. The summed E-state index contributed by atoms with van der Waals surface area (Å²) in [6.45, 7) is 2.14. The normalized spacial score (nSPS) is 11.2. The zero-order valence-electron chi connectivity index (χ0n) is 16.1. The molecule has 7 nitrogen and oxygen atoms in total. The standard InChI is InChI=1S/C21H14F2N6OS/c1-11-21(31-17(25-11)10-30-16-7-2-3-8-24-16)15-6-4-5-14(26-15)12-9-13(22)19-20(18(12)23)28-29-27-19/h2-9H,10H2,1H3,(H,27,28,29). The first-order chi connectivity index (χ1) is 15.1. The Morgan fingerprint density at radius 1 is 1.06 bits per heavy atom. The van der Waals surface area contributed by atoms with Crippen LogP contribution in [0.25, 0.3) is 32.9 Å². The van der Waals surface area contributed by atoms with E-state index in [1.165, 1.54) is 11.3 Å². The van der Waals surface area contributed by atoms with E-state index in [1.54, 1.807) is 30.5 Å². The van der Waals surface area contributed by atoms with Gasteiger partial charge >= 0.3 is 0 Å². The van der Waals surface area contributed by atoms with Gasteiger partial charge in [-0.1, -0.05) is 17.3 Å². The van der Waals surface area contributed by atoms with Crippen LogP contribution in [0.5, 0.6) is 5.88 Å². The largest absolute Gasteiger partial charge is 0.470 e. The summed E-state index contributed by atoms with van der Waals surface area (Å²) in [5, 5.41) is 10.2. The summed E-state index contributed by atoms with van der Waals surface area (Å²) in [4.78, 5) is 14.0. The lowest BCUT2D eigenvalue weighted by atomic mass is 10.1. The molecule has 4 aromatic heterocycles. The van der Waals surface area contributed by atoms with Gasteiger partial charge in [-0.15, -0.1) is 16.4 Å². The van der Waals surface area contributed by atoms with Crippen molar-refractivity contribution in [1.82, 2.24) is 30.4 Å². The van der Waals surface area contributed by atoms with Crippen LogP contribution in [0.1, 0.15) is 10.7 Å². The fourth-order valence-electron chi connectivity index (χ4n) is 3.16. The molecule has 0 aliphatic carbocycles. The molecule has 0 aliphatic heterocycles. The molecule has 0 saturated carbocycles. The molecule has 4 heterocycles. The molecule has 0 saturated heterocycles. The number of halogens is 2. The predicted octanol–water partition coefficient (Wildman–Crippen LogP) is 4.70. The van der Waals surface area contributed by atoms with E-state index >= 15 is 0 Å². The van der Waals surface area contributed by atoms with Gasteiger partial charge in [-0.2, -0.15) is 0 Å². The topological polar surface area (TPSA) is 89.5 Å². The number of pyridine rings is 2. The van der Waals surface area contributed by atoms with E-state index in [0.29, 0.717) is 17.3 Å². The highest BCUT2D eigenvalue weighted by Crippen LogP contribution is 2.33. The van der Waals surface area contributed by atoms with E-state index in [0.717, 1.165) is 21.6 Å². The first-order valence-electron chi connectivity index (χ1n) is 9.27. The Bertz CT molecular complexity index is 1390. The Morgan fingerprint density at radius 2 is 1.94 bits per heavy atom. The summed E-state index contributed by atoms with van der Waals surface area (Å²) in [5.41, 5.74) is 1.47. The number of benzene rings is 1. The van der Waals surface area contributed by atoms with Crippen LogP contribution in [0, 0.1) is 18.6 Å². The number of aromatic nitrogens is 6. The molecule has 31 heavy (non-hydrogen) atoms. The van der Waals surface area contributed by atoms with Crippen LogP contribution in [-0.4, -0.2) is 30.4 Å². The first kappa shape index (κ1) is 19.2. The van der Waals surface area contributed by atoms with Gasteiger partial charge in [0.2, 0.25) is 5.88 Å². The quantitative estimate of drug-likeness (QED) is 0.429. The number of rotatable bonds is 5. The summed E-state index contributed by atoms with van der Waals surface area (Å²) in [5.74, 6) is -0.815. The average Bonchev–Trinajstić information content (AvgIpc) is 3.43. The highest BCUT2D eigenvalue weighted by molar-refractivity contribution is 7.15. The second-order valence-corrected chi connectivity index (χ2v) is 7.73. The third-order valence-corrected chi connectivity index (χ3v) is 5.74. The van der Waals surface area contributed by atoms with Gasteiger partial charge in [-0.05, 0) is 31.2 Å². The first-order valence-corrected chi connectivity index (χ1v) is 10.1. The van der Waals surface area contributed by atoms with Crippen molar-refractivity contribution in [2.75, 3.05) is 0 Å². The number of hydrogen-bond donors (Lipinski definition) is 1. The smallest absolute Gasteiger partial charge is 0.213 e. The van der Waals surface area contributed by atoms with E-state index in [2.05, 4.69) is 30.4 Å². The van der Waals surface area contributed by atoms with Gasteiger partial charge in [-0.25, -0.2) is 23.7 Å². The second kappa shape index (κ2) is 7.80. The summed E-state index contributed by atoms with van der Waals surface area (Å²) < 4.78 is 34.9. The Kier molecular flexibility index (Phi) is 4.83. The molecule has 5 rings (SSSR count). The summed E-state index contributed by atoms with van der Waals surface area (Å²) in [7, 11) is 0. The Balaban J connectivity index is 1.47. The van der Waals surface area contributed by atoms with Crippen molar-refractivity contribution in [1.29, 1.82) is 0 Å². The molecule has 0 atom stereocenters. The molecule has 0 bridgehead atoms. The number of thiazole rings is 1. The molecule has 0 spiro atoms. The van der Waals surface area contributed by atoms with Crippen LogP contribution in [0.15, 0.2) is 48.7 Å². The van der Waals surface area contributed by atoms with Crippen molar-refractivity contribution < 1.29 is 13.5 Å². The zero-order chi connectivity index (χ0) is 21.4. The molecule has 0 aliphatic rings. The van der Waals surface area contributed by atoms with Crippen LogP contribution in [0.3, 0.4) is 0 Å². The van der Waals surface area contributed by atoms with Gasteiger partial charge in [0, 0.05) is 17.8 Å². The SMILES string of the molecule is Cc1nc(COc2ccccn2)sc1-c1cccc(-c2cc(F)c3nn[nH]c3c2F)n1. The number of hydrogen-bond acceptors (Lipinski definition) is 7. The fourth-order valence-corrected chi connectivity index (χ4v) is 4.11. The number of fused-ring (bicyclic) bond motifs is 1. The van der Waals surface area contributed by atoms with Gasteiger partial charge in [0.25, 0.3) is 0 Å². The molecule has 10 heteroatoms. The van der Waals surface area contributed by atoms with Gasteiger partial charge in [-0.3, -0.25) is 5.10 Å². The van der Waals surface area contributed by atoms with Crippen molar-refractivity contribution >= 4 is 22.4 Å². The molecule has 1 aromatic carbocycles. The summed E-state index contributed by atoms with van der Waals surface area (Å²) in [6.07, 6.45) is 1.65. The summed E-state index contributed by atoms with van der Waals surface area (Å²) in [6, 6.07) is 11.7. The molecular weight excluding hydrogens is 422 g/mol. The maximum atomic E-state index is 14.9. The van der Waals surface area contributed by atoms with Crippen molar-refractivity contribution in [2.45, 2.75) is 13.5 Å². The van der Waals surface area contributed by atoms with E-state index < -0.39 is 11.6 Å². The highest BCUT2D eigenvalue weighted by atomic mass is 32.1. The molecule has 154 valence electrons. The lowest BCUT2D eigenvalue weighted by Crippen LogP contribution is -1.96. The van der Waals surface area contributed by atoms with E-state index in [1.807, 2.05) is 19.1 Å². The van der Waals surface area contributed by atoms with Crippen molar-refractivity contribution in [3.8, 4) is 27.7 Å². The van der Waals surface area contributed by atoms with Gasteiger partial charge in [0.05, 0.1) is 22.0 Å².